The van der Waals surface area contributed by atoms with Gasteiger partial charge in [0.2, 0.25) is 0 Å². The third kappa shape index (κ3) is 0.923. The van der Waals surface area contributed by atoms with Gasteiger partial charge < -0.3 is 0 Å². The zero-order valence-corrected chi connectivity index (χ0v) is 6.43. The second kappa shape index (κ2) is 2.19. The van der Waals surface area contributed by atoms with Crippen molar-refractivity contribution in [3.8, 4) is 0 Å². The zero-order valence-electron chi connectivity index (χ0n) is 5.43. The quantitative estimate of drug-likeness (QED) is 0.559. The van der Waals surface area contributed by atoms with Crippen LogP contribution in [0.3, 0.4) is 0 Å². The Morgan fingerprint density at radius 2 is 2.33 bits per heavy atom. The molecular weight excluding hydrogens is 127 g/mol. The molecule has 0 aromatic carbocycles. The predicted octanol–water partition coefficient (Wildman–Crippen LogP) is 2.99. The van der Waals surface area contributed by atoms with Crippen molar-refractivity contribution in [2.75, 3.05) is 0 Å². The van der Waals surface area contributed by atoms with Crippen LogP contribution in [0.2, 0.25) is 0 Å². The van der Waals surface area contributed by atoms with Crippen LogP contribution < -0.4 is 0 Å². The first-order chi connectivity index (χ1) is 4.47. The summed E-state index contributed by atoms with van der Waals surface area (Å²) in [7, 11) is 1.02. The Balaban J connectivity index is 2.14. The van der Waals surface area contributed by atoms with Gasteiger partial charge >= 0.3 is 0 Å². The summed E-state index contributed by atoms with van der Waals surface area (Å²) in [5.74, 6) is 3.27. The van der Waals surface area contributed by atoms with Gasteiger partial charge in [-0.05, 0) is 29.9 Å². The van der Waals surface area contributed by atoms with Crippen LogP contribution in [-0.2, 0) is 0 Å². The fourth-order valence-electron chi connectivity index (χ4n) is 1.32. The van der Waals surface area contributed by atoms with E-state index in [0.717, 1.165) is 14.1 Å². The Kier molecular flexibility index (Phi) is 1.35. The topological polar surface area (TPSA) is 0 Å². The third-order valence-corrected chi connectivity index (χ3v) is 3.43. The van der Waals surface area contributed by atoms with Gasteiger partial charge in [0.05, 0.1) is 0 Å². The molecule has 2 rings (SSSR count). The van der Waals surface area contributed by atoms with E-state index in [4.69, 9.17) is 0 Å². The molecule has 1 aliphatic carbocycles. The lowest BCUT2D eigenvalue weighted by atomic mass is 9.84. The van der Waals surface area contributed by atoms with E-state index < -0.39 is 0 Å². The maximum Gasteiger partial charge on any atom is -0.0127 e. The van der Waals surface area contributed by atoms with Crippen LogP contribution in [0.25, 0.3) is 0 Å². The summed E-state index contributed by atoms with van der Waals surface area (Å²) in [6.07, 6.45) is 4.38. The first-order valence-electron chi connectivity index (χ1n) is 3.60. The first kappa shape index (κ1) is 5.56. The molecule has 0 amide bonds. The zero-order chi connectivity index (χ0) is 6.10. The summed E-state index contributed by atoms with van der Waals surface area (Å²) in [6.45, 7) is 0. The highest BCUT2D eigenvalue weighted by molar-refractivity contribution is 7.30. The highest BCUT2D eigenvalue weighted by Gasteiger charge is 2.18. The molecule has 1 aromatic rings. The van der Waals surface area contributed by atoms with Gasteiger partial charge in [0, 0.05) is 0 Å². The molecule has 9 heavy (non-hydrogen) atoms. The third-order valence-electron chi connectivity index (χ3n) is 2.17. The van der Waals surface area contributed by atoms with Gasteiger partial charge in [0.1, 0.15) is 0 Å². The van der Waals surface area contributed by atoms with Crippen molar-refractivity contribution >= 4 is 8.19 Å². The van der Waals surface area contributed by atoms with Crippen LogP contribution in [0, 0.1) is 0 Å². The van der Waals surface area contributed by atoms with Crippen LogP contribution in [0.15, 0.2) is 17.9 Å². The molecule has 1 fully saturated rings. The Morgan fingerprint density at radius 3 is 2.78 bits per heavy atom. The Labute approximate surface area is 57.4 Å². The second-order valence-electron chi connectivity index (χ2n) is 2.75. The number of rotatable bonds is 1. The lowest BCUT2D eigenvalue weighted by Gasteiger charge is -2.24. The summed E-state index contributed by atoms with van der Waals surface area (Å²) >= 11 is 0. The molecule has 48 valence electrons. The molecule has 1 atom stereocenters. The van der Waals surface area contributed by atoms with Gasteiger partial charge in [0.15, 0.2) is 0 Å². The van der Waals surface area contributed by atoms with Gasteiger partial charge in [-0.2, -0.15) is 0 Å². The molecule has 0 N–H and O–H groups in total. The van der Waals surface area contributed by atoms with E-state index in [1.807, 2.05) is 0 Å². The van der Waals surface area contributed by atoms with Crippen LogP contribution in [-0.4, -0.2) is 0 Å². The van der Waals surface area contributed by atoms with Crippen molar-refractivity contribution in [2.24, 2.45) is 0 Å². The average Bonchev–Trinajstić information content (AvgIpc) is 2.11. The molecule has 1 heterocycles. The van der Waals surface area contributed by atoms with E-state index in [1.165, 1.54) is 19.3 Å². The Morgan fingerprint density at radius 1 is 1.44 bits per heavy atom. The minimum Gasteiger partial charge on any atom is -0.136 e. The summed E-state index contributed by atoms with van der Waals surface area (Å²) in [4.78, 5) is 0. The lowest BCUT2D eigenvalue weighted by Crippen LogP contribution is -2.05. The molecule has 1 saturated carbocycles. The van der Waals surface area contributed by atoms with Crippen molar-refractivity contribution in [3.63, 3.8) is 0 Å². The average molecular weight is 138 g/mol. The molecule has 0 saturated heterocycles. The van der Waals surface area contributed by atoms with Gasteiger partial charge in [-0.3, -0.25) is 0 Å². The summed E-state index contributed by atoms with van der Waals surface area (Å²) < 4.78 is 0. The monoisotopic (exact) mass is 138 g/mol. The molecule has 1 heteroatoms. The van der Waals surface area contributed by atoms with Crippen LogP contribution in [0.4, 0.5) is 0 Å². The summed E-state index contributed by atoms with van der Waals surface area (Å²) in [6, 6.07) is 4.51. The second-order valence-corrected chi connectivity index (χ2v) is 3.95. The van der Waals surface area contributed by atoms with Crippen molar-refractivity contribution < 1.29 is 0 Å². The summed E-state index contributed by atoms with van der Waals surface area (Å²) in [5.41, 5.74) is 0. The van der Waals surface area contributed by atoms with Crippen molar-refractivity contribution in [2.45, 2.75) is 25.2 Å². The molecule has 0 aliphatic heterocycles. The first-order valence-corrected chi connectivity index (χ1v) is 4.68. The van der Waals surface area contributed by atoms with Gasteiger partial charge in [-0.1, -0.05) is 18.6 Å². The molecule has 1 unspecified atom stereocenters. The number of hydrogen-bond donors (Lipinski definition) is 0. The highest BCUT2D eigenvalue weighted by Crippen LogP contribution is 2.39. The van der Waals surface area contributed by atoms with E-state index in [1.54, 1.807) is 5.30 Å². The van der Waals surface area contributed by atoms with Crippen LogP contribution in [0.5, 0.6) is 0 Å². The van der Waals surface area contributed by atoms with E-state index in [2.05, 4.69) is 17.9 Å². The Hall–Kier alpha value is -0.220. The molecule has 1 aromatic heterocycles. The maximum atomic E-state index is 2.31. The Bertz CT molecular complexity index is 172. The minimum atomic E-state index is 0.985. The lowest BCUT2D eigenvalue weighted by molar-refractivity contribution is 0.426. The fraction of sp³-hybridized carbons (Fsp3) is 0.500. The van der Waals surface area contributed by atoms with Crippen LogP contribution >= 0.6 is 8.19 Å². The predicted molar refractivity (Wildman–Crippen MR) is 42.5 cm³/mol. The van der Waals surface area contributed by atoms with Crippen LogP contribution in [0.1, 0.15) is 30.5 Å². The molecule has 1 aliphatic rings. The van der Waals surface area contributed by atoms with E-state index in [-0.39, 0.29) is 0 Å². The minimum absolute atomic E-state index is 0.985. The van der Waals surface area contributed by atoms with Crippen molar-refractivity contribution in [1.29, 1.82) is 0 Å². The molecule has 0 nitrogen and oxygen atoms in total. The van der Waals surface area contributed by atoms with E-state index in [0.29, 0.717) is 0 Å². The van der Waals surface area contributed by atoms with E-state index in [9.17, 15) is 0 Å². The van der Waals surface area contributed by atoms with Crippen molar-refractivity contribution in [3.05, 3.63) is 23.2 Å². The SMILES string of the molecule is c1c[pH]c(C2CCC2)c1. The molecule has 0 radical (unpaired) electrons. The largest absolute Gasteiger partial charge is 0.136 e. The molecular formula is C8H11P. The van der Waals surface area contributed by atoms with Gasteiger partial charge in [0.25, 0.3) is 0 Å². The number of hydrogen-bond acceptors (Lipinski definition) is 0. The highest BCUT2D eigenvalue weighted by atomic mass is 31.0. The van der Waals surface area contributed by atoms with Gasteiger partial charge in [-0.15, -0.1) is 8.19 Å². The molecule has 0 spiro atoms. The molecule has 0 bridgehead atoms. The van der Waals surface area contributed by atoms with E-state index >= 15 is 0 Å². The normalized spacial score (nSPS) is 20.4. The fourth-order valence-corrected chi connectivity index (χ4v) is 2.42. The smallest absolute Gasteiger partial charge is 0.0127 e. The van der Waals surface area contributed by atoms with Gasteiger partial charge in [-0.25, -0.2) is 0 Å². The standard InChI is InChI=1S/C8H11P/c1-3-7(4-1)8-5-2-6-9-8/h2,5-7,9H,1,3-4H2. The maximum absolute atomic E-state index is 2.31. The summed E-state index contributed by atoms with van der Waals surface area (Å²) in [5, 5.41) is 1.71. The van der Waals surface area contributed by atoms with Crippen molar-refractivity contribution in [1.82, 2.24) is 0 Å².